The third-order valence-corrected chi connectivity index (χ3v) is 4.33. The number of benzene rings is 3. The first-order valence-corrected chi connectivity index (χ1v) is 9.15. The van der Waals surface area contributed by atoms with Gasteiger partial charge in [-0.15, -0.1) is 0 Å². The average molecular weight is 369 g/mol. The zero-order chi connectivity index (χ0) is 18.5. The van der Waals surface area contributed by atoms with Gasteiger partial charge in [-0.1, -0.05) is 54.9 Å². The Balaban J connectivity index is 2.32. The molecule has 0 atom stereocenters. The standard InChI is InChI=1S/C22H21ClO3/c1-3-13-26-21-19(22(24)25-4-2)14-16-7-5-6-8-18(16)20(21)15-9-11-17(23)12-10-15/h5-12,14H,3-4,13H2,1-2H3. The number of halogens is 1. The van der Waals surface area contributed by atoms with Gasteiger partial charge in [0.1, 0.15) is 11.3 Å². The van der Waals surface area contributed by atoms with E-state index in [1.165, 1.54) is 0 Å². The molecular formula is C22H21ClO3. The minimum Gasteiger partial charge on any atom is -0.492 e. The largest absolute Gasteiger partial charge is 0.492 e. The predicted molar refractivity (Wildman–Crippen MR) is 106 cm³/mol. The van der Waals surface area contributed by atoms with Crippen molar-refractivity contribution in [1.29, 1.82) is 0 Å². The van der Waals surface area contributed by atoms with Crippen LogP contribution in [0.15, 0.2) is 54.6 Å². The van der Waals surface area contributed by atoms with Crippen LogP contribution in [0.25, 0.3) is 21.9 Å². The van der Waals surface area contributed by atoms with Gasteiger partial charge in [0, 0.05) is 10.6 Å². The van der Waals surface area contributed by atoms with E-state index in [0.29, 0.717) is 29.5 Å². The molecule has 0 radical (unpaired) electrons. The van der Waals surface area contributed by atoms with Gasteiger partial charge in [0.2, 0.25) is 0 Å². The summed E-state index contributed by atoms with van der Waals surface area (Å²) in [7, 11) is 0. The fourth-order valence-corrected chi connectivity index (χ4v) is 3.07. The zero-order valence-electron chi connectivity index (χ0n) is 14.9. The number of ether oxygens (including phenoxy) is 2. The van der Waals surface area contributed by atoms with Crippen LogP contribution in [0.4, 0.5) is 0 Å². The number of esters is 1. The highest BCUT2D eigenvalue weighted by Crippen LogP contribution is 2.41. The van der Waals surface area contributed by atoms with Gasteiger partial charge < -0.3 is 9.47 Å². The maximum Gasteiger partial charge on any atom is 0.341 e. The van der Waals surface area contributed by atoms with Gasteiger partial charge in [-0.2, -0.15) is 0 Å². The second kappa shape index (κ2) is 8.24. The second-order valence-electron chi connectivity index (χ2n) is 5.93. The highest BCUT2D eigenvalue weighted by atomic mass is 35.5. The summed E-state index contributed by atoms with van der Waals surface area (Å²) < 4.78 is 11.3. The number of rotatable bonds is 6. The SMILES string of the molecule is CCCOc1c(C(=O)OCC)cc2ccccc2c1-c1ccc(Cl)cc1. The maximum absolute atomic E-state index is 12.6. The van der Waals surface area contributed by atoms with E-state index >= 15 is 0 Å². The van der Waals surface area contributed by atoms with Crippen molar-refractivity contribution in [2.24, 2.45) is 0 Å². The lowest BCUT2D eigenvalue weighted by Gasteiger charge is -2.18. The molecule has 0 saturated carbocycles. The van der Waals surface area contributed by atoms with Crippen molar-refractivity contribution in [3.05, 3.63) is 65.2 Å². The highest BCUT2D eigenvalue weighted by molar-refractivity contribution is 6.30. The van der Waals surface area contributed by atoms with E-state index < -0.39 is 0 Å². The molecule has 3 rings (SSSR count). The first-order chi connectivity index (χ1) is 12.7. The van der Waals surface area contributed by atoms with E-state index in [1.54, 1.807) is 6.92 Å². The van der Waals surface area contributed by atoms with Crippen LogP contribution in [-0.4, -0.2) is 19.2 Å². The molecule has 134 valence electrons. The molecular weight excluding hydrogens is 348 g/mol. The number of hydrogen-bond acceptors (Lipinski definition) is 3. The van der Waals surface area contributed by atoms with Gasteiger partial charge in [0.05, 0.1) is 13.2 Å². The molecule has 0 amide bonds. The molecule has 4 heteroatoms. The van der Waals surface area contributed by atoms with E-state index in [2.05, 4.69) is 0 Å². The normalized spacial score (nSPS) is 10.7. The molecule has 0 aromatic heterocycles. The summed E-state index contributed by atoms with van der Waals surface area (Å²) in [5, 5.41) is 2.65. The van der Waals surface area contributed by atoms with Gasteiger partial charge in [-0.3, -0.25) is 0 Å². The lowest BCUT2D eigenvalue weighted by atomic mass is 9.94. The number of carbonyl (C=O) groups is 1. The van der Waals surface area contributed by atoms with Crippen LogP contribution in [0.2, 0.25) is 5.02 Å². The van der Waals surface area contributed by atoms with Crippen LogP contribution < -0.4 is 4.74 Å². The topological polar surface area (TPSA) is 35.5 Å². The van der Waals surface area contributed by atoms with Crippen LogP contribution in [0.1, 0.15) is 30.6 Å². The summed E-state index contributed by atoms with van der Waals surface area (Å²) in [4.78, 5) is 12.6. The molecule has 0 unspecified atom stereocenters. The van der Waals surface area contributed by atoms with Crippen molar-refractivity contribution < 1.29 is 14.3 Å². The van der Waals surface area contributed by atoms with Crippen molar-refractivity contribution in [3.63, 3.8) is 0 Å². The summed E-state index contributed by atoms with van der Waals surface area (Å²) in [6, 6.07) is 17.4. The minimum absolute atomic E-state index is 0.315. The minimum atomic E-state index is -0.375. The molecule has 0 spiro atoms. The summed E-state index contributed by atoms with van der Waals surface area (Å²) in [6.45, 7) is 4.67. The first-order valence-electron chi connectivity index (χ1n) is 8.77. The monoisotopic (exact) mass is 368 g/mol. The van der Waals surface area contributed by atoms with Crippen LogP contribution in [-0.2, 0) is 4.74 Å². The van der Waals surface area contributed by atoms with Crippen LogP contribution in [0.3, 0.4) is 0 Å². The fraction of sp³-hybridized carbons (Fsp3) is 0.227. The van der Waals surface area contributed by atoms with Crippen molar-refractivity contribution in [2.75, 3.05) is 13.2 Å². The van der Waals surface area contributed by atoms with Crippen molar-refractivity contribution in [3.8, 4) is 16.9 Å². The Morgan fingerprint density at radius 2 is 1.77 bits per heavy atom. The third kappa shape index (κ3) is 3.68. The van der Waals surface area contributed by atoms with Crippen molar-refractivity contribution in [2.45, 2.75) is 20.3 Å². The van der Waals surface area contributed by atoms with E-state index in [1.807, 2.05) is 61.5 Å². The lowest BCUT2D eigenvalue weighted by Crippen LogP contribution is -2.10. The molecule has 0 aliphatic heterocycles. The zero-order valence-corrected chi connectivity index (χ0v) is 15.7. The van der Waals surface area contributed by atoms with Crippen molar-refractivity contribution in [1.82, 2.24) is 0 Å². The molecule has 0 heterocycles. The average Bonchev–Trinajstić information content (AvgIpc) is 2.66. The van der Waals surface area contributed by atoms with Crippen LogP contribution in [0, 0.1) is 0 Å². The van der Waals surface area contributed by atoms with Gasteiger partial charge in [0.25, 0.3) is 0 Å². The van der Waals surface area contributed by atoms with Gasteiger partial charge in [-0.05, 0) is 47.9 Å². The van der Waals surface area contributed by atoms with Gasteiger partial charge >= 0.3 is 5.97 Å². The molecule has 0 fully saturated rings. The second-order valence-corrected chi connectivity index (χ2v) is 6.36. The quantitative estimate of drug-likeness (QED) is 0.491. The smallest absolute Gasteiger partial charge is 0.341 e. The van der Waals surface area contributed by atoms with E-state index in [4.69, 9.17) is 21.1 Å². The molecule has 0 bridgehead atoms. The molecule has 3 aromatic rings. The van der Waals surface area contributed by atoms with E-state index in [-0.39, 0.29) is 5.97 Å². The maximum atomic E-state index is 12.6. The fourth-order valence-electron chi connectivity index (χ4n) is 2.95. The Morgan fingerprint density at radius 3 is 2.46 bits per heavy atom. The van der Waals surface area contributed by atoms with Crippen LogP contribution >= 0.6 is 11.6 Å². The highest BCUT2D eigenvalue weighted by Gasteiger charge is 2.22. The number of carbonyl (C=O) groups excluding carboxylic acids is 1. The Morgan fingerprint density at radius 1 is 1.04 bits per heavy atom. The van der Waals surface area contributed by atoms with E-state index in [0.717, 1.165) is 28.3 Å². The molecule has 3 aromatic carbocycles. The summed E-state index contributed by atoms with van der Waals surface area (Å²) in [5.74, 6) is 0.186. The molecule has 0 N–H and O–H groups in total. The first kappa shape index (κ1) is 18.3. The summed E-state index contributed by atoms with van der Waals surface area (Å²) in [5.41, 5.74) is 2.28. The molecule has 3 nitrogen and oxygen atoms in total. The number of fused-ring (bicyclic) bond motifs is 1. The summed E-state index contributed by atoms with van der Waals surface area (Å²) in [6.07, 6.45) is 0.842. The Kier molecular flexibility index (Phi) is 5.79. The van der Waals surface area contributed by atoms with Crippen molar-refractivity contribution >= 4 is 28.3 Å². The molecule has 26 heavy (non-hydrogen) atoms. The molecule has 0 aliphatic rings. The Labute approximate surface area is 158 Å². The van der Waals surface area contributed by atoms with Gasteiger partial charge in [-0.25, -0.2) is 4.79 Å². The van der Waals surface area contributed by atoms with Crippen LogP contribution in [0.5, 0.6) is 5.75 Å². The van der Waals surface area contributed by atoms with E-state index in [9.17, 15) is 4.79 Å². The summed E-state index contributed by atoms with van der Waals surface area (Å²) >= 11 is 6.06. The molecule has 0 aliphatic carbocycles. The Bertz CT molecular complexity index is 917. The molecule has 0 saturated heterocycles. The lowest BCUT2D eigenvalue weighted by molar-refractivity contribution is 0.0522. The Hall–Kier alpha value is -2.52. The third-order valence-electron chi connectivity index (χ3n) is 4.08. The predicted octanol–water partition coefficient (Wildman–Crippen LogP) is 6.13. The number of hydrogen-bond donors (Lipinski definition) is 0. The van der Waals surface area contributed by atoms with Gasteiger partial charge in [0.15, 0.2) is 0 Å².